The molecule has 0 N–H and O–H groups in total. The Labute approximate surface area is 537 Å². The van der Waals surface area contributed by atoms with Crippen molar-refractivity contribution >= 4 is 17.9 Å². The van der Waals surface area contributed by atoms with Crippen LogP contribution in [0.3, 0.4) is 0 Å². The van der Waals surface area contributed by atoms with Crippen LogP contribution in [0.2, 0.25) is 0 Å². The van der Waals surface area contributed by atoms with E-state index in [-0.39, 0.29) is 32.2 Å². The van der Waals surface area contributed by atoms with E-state index in [1.807, 2.05) is 21.1 Å². The summed E-state index contributed by atoms with van der Waals surface area (Å²) in [4.78, 5) is 37.5. The summed E-state index contributed by atoms with van der Waals surface area (Å²) in [6, 6.07) is 0. The van der Waals surface area contributed by atoms with Crippen LogP contribution < -0.4 is 5.11 Å². The Morgan fingerprint density at radius 2 is 0.655 bits per heavy atom. The number of carboxylic acids is 1. The van der Waals surface area contributed by atoms with Crippen LogP contribution in [0.1, 0.15) is 322 Å². The number of esters is 2. The van der Waals surface area contributed by atoms with Crippen LogP contribution in [0.25, 0.3) is 0 Å². The molecule has 2 atom stereocenters. The van der Waals surface area contributed by atoms with Gasteiger partial charge in [-0.3, -0.25) is 9.59 Å². The maximum absolute atomic E-state index is 12.9. The number of aliphatic carboxylic acids is 1. The lowest BCUT2D eigenvalue weighted by atomic mass is 10.0. The Bertz CT molecular complexity index is 1750. The summed E-state index contributed by atoms with van der Waals surface area (Å²) < 4.78 is 22.8. The number of hydrogen-bond acceptors (Lipinski definition) is 8. The maximum Gasteiger partial charge on any atom is 0.306 e. The minimum Gasteiger partial charge on any atom is -0.545 e. The standard InChI is InChI=1S/C78H137NO8/c1-6-8-10-12-14-16-18-20-22-24-26-28-30-32-34-36-37-38-39-41-43-45-47-49-51-53-55-57-59-61-63-65-67-69-76(81)87-74(73-86-78(77(82)83)84-71-70-79(3,4)5)72-85-75(80)68-66-64-62-60-58-56-54-52-50-48-46-44-42-40-35-33-31-29-27-25-23-21-19-17-15-13-11-9-7-2/h8,10,14,16,20,22,25-28,32,34,37-38,41,43,74,78H,6-7,9,11-13,15,17-19,21,23-24,29-31,33,35-36,39-40,42,44-73H2,1-5H3/b10-8-,16-14-,22-20-,27-25-,28-26-,34-32-,38-37-,43-41-. The van der Waals surface area contributed by atoms with Gasteiger partial charge in [0.05, 0.1) is 40.3 Å². The Kier molecular flexibility index (Phi) is 65.2. The second-order valence-corrected chi connectivity index (χ2v) is 25.5. The van der Waals surface area contributed by atoms with Crippen LogP contribution in [0.4, 0.5) is 0 Å². The van der Waals surface area contributed by atoms with E-state index in [0.717, 1.165) is 89.9 Å². The van der Waals surface area contributed by atoms with E-state index in [2.05, 4.69) is 111 Å². The van der Waals surface area contributed by atoms with Gasteiger partial charge in [0.2, 0.25) is 0 Å². The van der Waals surface area contributed by atoms with Crippen molar-refractivity contribution in [1.29, 1.82) is 0 Å². The zero-order valence-electron chi connectivity index (χ0n) is 57.4. The van der Waals surface area contributed by atoms with E-state index in [4.69, 9.17) is 18.9 Å². The maximum atomic E-state index is 12.9. The lowest BCUT2D eigenvalue weighted by Crippen LogP contribution is -2.44. The molecule has 0 aliphatic rings. The van der Waals surface area contributed by atoms with Crippen LogP contribution in [0, 0.1) is 0 Å². The van der Waals surface area contributed by atoms with Crippen LogP contribution in [-0.2, 0) is 33.3 Å². The number of carbonyl (C=O) groups excluding carboxylic acids is 3. The predicted octanol–water partition coefficient (Wildman–Crippen LogP) is 21.5. The number of rotatable bonds is 67. The third-order valence-corrected chi connectivity index (χ3v) is 15.8. The van der Waals surface area contributed by atoms with E-state index in [0.29, 0.717) is 23.9 Å². The number of likely N-dealkylation sites (N-methyl/N-ethyl adjacent to an activating group) is 1. The van der Waals surface area contributed by atoms with Gasteiger partial charge < -0.3 is 33.3 Å². The van der Waals surface area contributed by atoms with Crippen molar-refractivity contribution in [3.8, 4) is 0 Å². The number of nitrogens with zero attached hydrogens (tertiary/aromatic N) is 1. The number of carbonyl (C=O) groups is 3. The van der Waals surface area contributed by atoms with Crippen molar-refractivity contribution in [3.05, 3.63) is 97.2 Å². The van der Waals surface area contributed by atoms with E-state index in [1.165, 1.54) is 199 Å². The molecule has 0 aromatic rings. The molecule has 502 valence electrons. The van der Waals surface area contributed by atoms with Crippen molar-refractivity contribution in [3.63, 3.8) is 0 Å². The first-order chi connectivity index (χ1) is 42.6. The number of quaternary nitrogens is 1. The summed E-state index contributed by atoms with van der Waals surface area (Å²) in [7, 11) is 5.93. The van der Waals surface area contributed by atoms with Crippen LogP contribution in [-0.4, -0.2) is 82.3 Å². The van der Waals surface area contributed by atoms with Crippen molar-refractivity contribution in [2.24, 2.45) is 0 Å². The number of unbranched alkanes of at least 4 members (excludes halogenated alkanes) is 36. The summed E-state index contributed by atoms with van der Waals surface area (Å²) >= 11 is 0. The molecule has 0 aliphatic heterocycles. The van der Waals surface area contributed by atoms with Gasteiger partial charge in [-0.1, -0.05) is 310 Å². The molecule has 2 unspecified atom stereocenters. The molecule has 0 fully saturated rings. The topological polar surface area (TPSA) is 111 Å². The molecule has 0 aromatic heterocycles. The Balaban J connectivity index is 4.11. The summed E-state index contributed by atoms with van der Waals surface area (Å²) in [5.74, 6) is -2.28. The quantitative estimate of drug-likeness (QED) is 0.0195. The molecule has 0 aromatic carbocycles. The molecule has 0 heterocycles. The number of allylic oxidation sites excluding steroid dienone is 16. The predicted molar refractivity (Wildman–Crippen MR) is 371 cm³/mol. The van der Waals surface area contributed by atoms with Crippen LogP contribution in [0.15, 0.2) is 97.2 Å². The smallest absolute Gasteiger partial charge is 0.306 e. The minimum absolute atomic E-state index is 0.145. The molecule has 0 saturated carbocycles. The van der Waals surface area contributed by atoms with Crippen LogP contribution >= 0.6 is 0 Å². The monoisotopic (exact) mass is 1220 g/mol. The fourth-order valence-electron chi connectivity index (χ4n) is 10.3. The van der Waals surface area contributed by atoms with E-state index in [9.17, 15) is 19.5 Å². The lowest BCUT2D eigenvalue weighted by molar-refractivity contribution is -0.870. The van der Waals surface area contributed by atoms with E-state index < -0.39 is 24.3 Å². The minimum atomic E-state index is -1.63. The van der Waals surface area contributed by atoms with E-state index >= 15 is 0 Å². The highest BCUT2D eigenvalue weighted by Crippen LogP contribution is 2.18. The second kappa shape index (κ2) is 68.1. The normalized spacial score (nSPS) is 13.3. The molecular weight excluding hydrogens is 1080 g/mol. The zero-order valence-corrected chi connectivity index (χ0v) is 57.4. The third kappa shape index (κ3) is 69.5. The first kappa shape index (κ1) is 83.2. The highest BCUT2D eigenvalue weighted by atomic mass is 16.7. The average Bonchev–Trinajstić information content (AvgIpc) is 3.59. The van der Waals surface area contributed by atoms with Gasteiger partial charge in [0, 0.05) is 12.8 Å². The Hall–Kier alpha value is -3.79. The summed E-state index contributed by atoms with van der Waals surface area (Å²) in [5, 5.41) is 11.8. The number of carboxylic acid groups (broad SMARTS) is 1. The van der Waals surface area contributed by atoms with Gasteiger partial charge in [-0.25, -0.2) is 0 Å². The van der Waals surface area contributed by atoms with Gasteiger partial charge >= 0.3 is 11.9 Å². The van der Waals surface area contributed by atoms with Gasteiger partial charge in [-0.2, -0.15) is 0 Å². The summed E-state index contributed by atoms with van der Waals surface area (Å²) in [6.07, 6.45) is 90.6. The first-order valence-electron chi connectivity index (χ1n) is 36.4. The lowest BCUT2D eigenvalue weighted by Gasteiger charge is -2.26. The Morgan fingerprint density at radius 3 is 0.989 bits per heavy atom. The van der Waals surface area contributed by atoms with Gasteiger partial charge in [-0.05, 0) is 96.3 Å². The molecule has 0 aliphatic carbocycles. The second-order valence-electron chi connectivity index (χ2n) is 25.5. The molecule has 0 amide bonds. The molecule has 0 spiro atoms. The largest absolute Gasteiger partial charge is 0.545 e. The Morgan fingerprint density at radius 1 is 0.356 bits per heavy atom. The third-order valence-electron chi connectivity index (χ3n) is 15.8. The first-order valence-corrected chi connectivity index (χ1v) is 36.4. The zero-order chi connectivity index (χ0) is 63.3. The van der Waals surface area contributed by atoms with Gasteiger partial charge in [0.1, 0.15) is 13.2 Å². The fraction of sp³-hybridized carbons (Fsp3) is 0.756. The SMILES string of the molecule is CC/C=C\C/C=C\C/C=C\C/C=C\C/C=C\C/C=C\C/C=C\CCCCCCCCCCCCCC(=O)OC(COC(=O)CCCCCCCCCCCCCCCCCCC/C=C\CCCCCCCCCC)COC(OCC[N+](C)(C)C)C(=O)[O-]. The van der Waals surface area contributed by atoms with Gasteiger partial charge in [-0.15, -0.1) is 0 Å². The molecule has 87 heavy (non-hydrogen) atoms. The summed E-state index contributed by atoms with van der Waals surface area (Å²) in [5.41, 5.74) is 0. The van der Waals surface area contributed by atoms with Crippen LogP contribution in [0.5, 0.6) is 0 Å². The molecule has 9 heteroatoms. The van der Waals surface area contributed by atoms with Crippen molar-refractivity contribution in [2.75, 3.05) is 47.5 Å². The highest BCUT2D eigenvalue weighted by molar-refractivity contribution is 5.70. The van der Waals surface area contributed by atoms with Crippen molar-refractivity contribution in [2.45, 2.75) is 334 Å². The number of ether oxygens (including phenoxy) is 4. The molecule has 9 nitrogen and oxygen atoms in total. The molecule has 0 bridgehead atoms. The highest BCUT2D eigenvalue weighted by Gasteiger charge is 2.22. The van der Waals surface area contributed by atoms with Gasteiger partial charge in [0.25, 0.3) is 0 Å². The fourth-order valence-corrected chi connectivity index (χ4v) is 10.3. The van der Waals surface area contributed by atoms with Crippen molar-refractivity contribution < 1.29 is 42.9 Å². The van der Waals surface area contributed by atoms with E-state index in [1.54, 1.807) is 0 Å². The molecular formula is C78H137NO8. The van der Waals surface area contributed by atoms with Crippen molar-refractivity contribution in [1.82, 2.24) is 0 Å². The summed E-state index contributed by atoms with van der Waals surface area (Å²) in [6.45, 7) is 4.67. The average molecular weight is 1220 g/mol. The number of hydrogen-bond donors (Lipinski definition) is 0. The molecule has 0 rings (SSSR count). The molecule has 0 saturated heterocycles. The van der Waals surface area contributed by atoms with Gasteiger partial charge in [0.15, 0.2) is 12.4 Å². The molecule has 0 radical (unpaired) electrons.